The lowest BCUT2D eigenvalue weighted by molar-refractivity contribution is 0.0935. The summed E-state index contributed by atoms with van der Waals surface area (Å²) in [5.41, 5.74) is 2.07. The Morgan fingerprint density at radius 3 is 2.35 bits per heavy atom. The van der Waals surface area contributed by atoms with Gasteiger partial charge in [-0.3, -0.25) is 9.36 Å². The van der Waals surface area contributed by atoms with Crippen LogP contribution < -0.4 is 0 Å². The van der Waals surface area contributed by atoms with Crippen molar-refractivity contribution in [2.24, 2.45) is 0 Å². The summed E-state index contributed by atoms with van der Waals surface area (Å²) in [6.07, 6.45) is 0. The number of halogens is 1. The monoisotopic (exact) mass is 341 g/mol. The van der Waals surface area contributed by atoms with Crippen molar-refractivity contribution < 1.29 is 4.79 Å². The Morgan fingerprint density at radius 2 is 1.82 bits per heavy atom. The van der Waals surface area contributed by atoms with E-state index in [9.17, 15) is 4.79 Å². The normalized spacial score (nSPS) is 12.1. The minimum Gasteiger partial charge on any atom is -0.283 e. The van der Waals surface area contributed by atoms with Gasteiger partial charge in [0.25, 0.3) is 0 Å². The van der Waals surface area contributed by atoms with Gasteiger partial charge in [0.2, 0.25) is 5.91 Å². The number of hydrogen-bond donors (Lipinski definition) is 0. The number of carbonyl (C=O) groups is 1. The van der Waals surface area contributed by atoms with Gasteiger partial charge in [0.05, 0.1) is 5.52 Å². The molecule has 0 saturated heterocycles. The van der Waals surface area contributed by atoms with E-state index in [2.05, 4.69) is 49.4 Å². The maximum absolute atomic E-state index is 11.9. The summed E-state index contributed by atoms with van der Waals surface area (Å²) >= 11 is 2.35. The highest BCUT2D eigenvalue weighted by molar-refractivity contribution is 14.1. The van der Waals surface area contributed by atoms with Gasteiger partial charge in [-0.15, -0.1) is 0 Å². The Kier molecular flexibility index (Phi) is 3.06. The van der Waals surface area contributed by atoms with E-state index in [1.54, 1.807) is 6.92 Å². The summed E-state index contributed by atoms with van der Waals surface area (Å²) in [5.74, 6) is 0.0778. The molecule has 1 aromatic carbocycles. The lowest BCUT2D eigenvalue weighted by atomic mass is 9.92. The molecule has 17 heavy (non-hydrogen) atoms. The topological polar surface area (TPSA) is 22.0 Å². The first-order chi connectivity index (χ1) is 7.84. The van der Waals surface area contributed by atoms with Crippen LogP contribution in [0.4, 0.5) is 0 Å². The molecule has 3 heteroatoms. The average molecular weight is 341 g/mol. The Morgan fingerprint density at radius 1 is 1.24 bits per heavy atom. The molecule has 0 aliphatic rings. The highest BCUT2D eigenvalue weighted by atomic mass is 127. The van der Waals surface area contributed by atoms with Gasteiger partial charge in [-0.1, -0.05) is 39.0 Å². The van der Waals surface area contributed by atoms with Gasteiger partial charge < -0.3 is 0 Å². The zero-order chi connectivity index (χ0) is 12.8. The second-order valence-corrected chi connectivity index (χ2v) is 6.36. The second kappa shape index (κ2) is 4.12. The molecule has 0 bridgehead atoms. The zero-order valence-corrected chi connectivity index (χ0v) is 12.7. The lowest BCUT2D eigenvalue weighted by Crippen LogP contribution is -2.21. The van der Waals surface area contributed by atoms with Gasteiger partial charge in [-0.25, -0.2) is 0 Å². The number of para-hydroxylation sites is 1. The number of rotatable bonds is 0. The lowest BCUT2D eigenvalue weighted by Gasteiger charge is -2.21. The average Bonchev–Trinajstić information content (AvgIpc) is 2.52. The Hall–Kier alpha value is -0.840. The van der Waals surface area contributed by atoms with Crippen LogP contribution in [0.5, 0.6) is 0 Å². The number of hydrogen-bond acceptors (Lipinski definition) is 1. The van der Waals surface area contributed by atoms with Crippen molar-refractivity contribution in [2.75, 3.05) is 0 Å². The molecule has 0 spiro atoms. The third kappa shape index (κ3) is 2.01. The van der Waals surface area contributed by atoms with Crippen molar-refractivity contribution in [3.63, 3.8) is 0 Å². The van der Waals surface area contributed by atoms with Crippen LogP contribution in [-0.2, 0) is 5.41 Å². The van der Waals surface area contributed by atoms with Crippen molar-refractivity contribution in [2.45, 2.75) is 33.1 Å². The Balaban J connectivity index is 2.96. The molecular weight excluding hydrogens is 325 g/mol. The van der Waals surface area contributed by atoms with Crippen molar-refractivity contribution in [1.82, 2.24) is 4.57 Å². The smallest absolute Gasteiger partial charge is 0.228 e. The first-order valence-corrected chi connectivity index (χ1v) is 6.72. The van der Waals surface area contributed by atoms with E-state index in [-0.39, 0.29) is 11.3 Å². The van der Waals surface area contributed by atoms with E-state index in [1.807, 2.05) is 22.8 Å². The molecule has 0 fully saturated rings. The predicted octanol–water partition coefficient (Wildman–Crippen LogP) is 4.20. The molecule has 0 aliphatic heterocycles. The largest absolute Gasteiger partial charge is 0.283 e. The van der Waals surface area contributed by atoms with Gasteiger partial charge in [0.1, 0.15) is 0 Å². The van der Waals surface area contributed by atoms with Crippen LogP contribution in [0.2, 0.25) is 0 Å². The molecule has 1 heterocycles. The van der Waals surface area contributed by atoms with Crippen LogP contribution in [-0.4, -0.2) is 10.5 Å². The van der Waals surface area contributed by atoms with Crippen LogP contribution in [0.25, 0.3) is 10.9 Å². The van der Waals surface area contributed by atoms with Crippen LogP contribution >= 0.6 is 22.6 Å². The summed E-state index contributed by atoms with van der Waals surface area (Å²) in [6, 6.07) is 8.08. The van der Waals surface area contributed by atoms with E-state index >= 15 is 0 Å². The SMILES string of the molecule is CC(=O)n1c(C(C)(C)C)c(I)c2ccccc21. The van der Waals surface area contributed by atoms with E-state index in [1.165, 1.54) is 3.57 Å². The minimum absolute atomic E-state index is 0.0405. The van der Waals surface area contributed by atoms with Crippen LogP contribution in [0.3, 0.4) is 0 Å². The van der Waals surface area contributed by atoms with Gasteiger partial charge in [-0.2, -0.15) is 0 Å². The summed E-state index contributed by atoms with van der Waals surface area (Å²) in [4.78, 5) is 11.9. The van der Waals surface area contributed by atoms with Crippen LogP contribution in [0, 0.1) is 3.57 Å². The molecule has 0 unspecified atom stereocenters. The highest BCUT2D eigenvalue weighted by Crippen LogP contribution is 2.35. The summed E-state index contributed by atoms with van der Waals surface area (Å²) < 4.78 is 3.03. The summed E-state index contributed by atoms with van der Waals surface area (Å²) in [6.45, 7) is 8.05. The Labute approximate surface area is 115 Å². The number of carbonyl (C=O) groups excluding carboxylic acids is 1. The van der Waals surface area contributed by atoms with Crippen molar-refractivity contribution in [3.05, 3.63) is 33.5 Å². The van der Waals surface area contributed by atoms with E-state index in [4.69, 9.17) is 0 Å². The standard InChI is InChI=1S/C14H16INO/c1-9(17)16-11-8-6-5-7-10(11)12(15)13(16)14(2,3)4/h5-8H,1-4H3. The summed E-state index contributed by atoms with van der Waals surface area (Å²) in [7, 11) is 0. The molecule has 0 atom stereocenters. The van der Waals surface area contributed by atoms with Gasteiger partial charge >= 0.3 is 0 Å². The maximum atomic E-state index is 11.9. The number of fused-ring (bicyclic) bond motifs is 1. The molecular formula is C14H16INO. The van der Waals surface area contributed by atoms with Crippen LogP contribution in [0.1, 0.15) is 38.2 Å². The number of benzene rings is 1. The third-order valence-corrected chi connectivity index (χ3v) is 3.93. The first kappa shape index (κ1) is 12.6. The quantitative estimate of drug-likeness (QED) is 0.658. The maximum Gasteiger partial charge on any atom is 0.228 e. The molecule has 2 rings (SSSR count). The molecule has 0 amide bonds. The fourth-order valence-electron chi connectivity index (χ4n) is 2.19. The molecule has 0 N–H and O–H groups in total. The van der Waals surface area contributed by atoms with Gasteiger partial charge in [-0.05, 0) is 28.7 Å². The molecule has 2 aromatic rings. The third-order valence-electron chi connectivity index (χ3n) is 2.84. The summed E-state index contributed by atoms with van der Waals surface area (Å²) in [5, 5.41) is 1.16. The highest BCUT2D eigenvalue weighted by Gasteiger charge is 2.26. The van der Waals surface area contributed by atoms with E-state index in [0.717, 1.165) is 16.6 Å². The van der Waals surface area contributed by atoms with E-state index in [0.29, 0.717) is 0 Å². The van der Waals surface area contributed by atoms with Gasteiger partial charge in [0.15, 0.2) is 0 Å². The molecule has 0 aliphatic carbocycles. The zero-order valence-electron chi connectivity index (χ0n) is 10.5. The number of aromatic nitrogens is 1. The first-order valence-electron chi connectivity index (χ1n) is 5.64. The number of nitrogens with zero attached hydrogens (tertiary/aromatic N) is 1. The molecule has 0 radical (unpaired) electrons. The second-order valence-electron chi connectivity index (χ2n) is 5.28. The molecule has 90 valence electrons. The minimum atomic E-state index is -0.0405. The Bertz CT molecular complexity index is 590. The van der Waals surface area contributed by atoms with Crippen molar-refractivity contribution >= 4 is 39.4 Å². The molecule has 2 nitrogen and oxygen atoms in total. The fourth-order valence-corrected chi connectivity index (χ4v) is 3.70. The predicted molar refractivity (Wildman–Crippen MR) is 79.7 cm³/mol. The van der Waals surface area contributed by atoms with E-state index < -0.39 is 0 Å². The van der Waals surface area contributed by atoms with Crippen molar-refractivity contribution in [1.29, 1.82) is 0 Å². The van der Waals surface area contributed by atoms with Crippen LogP contribution in [0.15, 0.2) is 24.3 Å². The molecule has 0 saturated carbocycles. The van der Waals surface area contributed by atoms with Crippen molar-refractivity contribution in [3.8, 4) is 0 Å². The fraction of sp³-hybridized carbons (Fsp3) is 0.357. The van der Waals surface area contributed by atoms with Gasteiger partial charge in [0, 0.05) is 27.0 Å². The molecule has 1 aromatic heterocycles.